The third-order valence-electron chi connectivity index (χ3n) is 4.48. The molecule has 3 heterocycles. The summed E-state index contributed by atoms with van der Waals surface area (Å²) in [6.07, 6.45) is 6.23. The van der Waals surface area contributed by atoms with E-state index in [0.717, 1.165) is 12.1 Å². The van der Waals surface area contributed by atoms with Gasteiger partial charge in [-0.25, -0.2) is 42.1 Å². The summed E-state index contributed by atoms with van der Waals surface area (Å²) in [7, 11) is -3.77. The number of hydrogen-bond donors (Lipinski definition) is 2. The zero-order chi connectivity index (χ0) is 22.9. The van der Waals surface area contributed by atoms with Crippen LogP contribution in [0.1, 0.15) is 19.2 Å². The van der Waals surface area contributed by atoms with Crippen LogP contribution in [0.3, 0.4) is 0 Å². The van der Waals surface area contributed by atoms with Crippen molar-refractivity contribution in [1.82, 2.24) is 29.5 Å². The number of hydrogen-bond acceptors (Lipinski definition) is 8. The first-order chi connectivity index (χ1) is 15.3. The molecule has 4 aromatic rings. The maximum atomic E-state index is 15.0. The smallest absolute Gasteiger partial charge is 0.235 e. The Bertz CT molecular complexity index is 1410. The van der Waals surface area contributed by atoms with Gasteiger partial charge in [0.1, 0.15) is 34.7 Å². The van der Waals surface area contributed by atoms with Crippen LogP contribution >= 0.6 is 0 Å². The monoisotopic (exact) mass is 460 g/mol. The number of nitrogens with zero attached hydrogens (tertiary/aromatic N) is 6. The third kappa shape index (κ3) is 4.19. The number of halogens is 2. The van der Waals surface area contributed by atoms with Crippen molar-refractivity contribution in [2.45, 2.75) is 20.3 Å². The number of aromatic nitrogens is 6. The highest BCUT2D eigenvalue weighted by Crippen LogP contribution is 2.30. The first kappa shape index (κ1) is 21.5. The number of sulfonamides is 1. The highest BCUT2D eigenvalue weighted by Gasteiger charge is 2.20. The van der Waals surface area contributed by atoms with Gasteiger partial charge in [-0.05, 0) is 25.5 Å². The Hall–Kier alpha value is -3.74. The van der Waals surface area contributed by atoms with E-state index in [9.17, 15) is 12.8 Å². The maximum absolute atomic E-state index is 15.0. The van der Waals surface area contributed by atoms with Crippen LogP contribution < -0.4 is 10.0 Å². The van der Waals surface area contributed by atoms with E-state index in [1.807, 2.05) is 0 Å². The molecular formula is C19H18F2N8O2S. The average molecular weight is 460 g/mol. The third-order valence-corrected chi connectivity index (χ3v) is 5.96. The van der Waals surface area contributed by atoms with Gasteiger partial charge in [0.2, 0.25) is 16.0 Å². The van der Waals surface area contributed by atoms with Crippen molar-refractivity contribution in [2.24, 2.45) is 0 Å². The number of nitrogens with one attached hydrogen (secondary N) is 2. The Labute approximate surface area is 181 Å². The van der Waals surface area contributed by atoms with Crippen molar-refractivity contribution in [2.75, 3.05) is 15.8 Å². The lowest BCUT2D eigenvalue weighted by molar-refractivity contribution is 0.588. The topological polar surface area (TPSA) is 128 Å². The van der Waals surface area contributed by atoms with E-state index >= 15 is 4.39 Å². The molecule has 2 N–H and O–H groups in total. The molecule has 0 atom stereocenters. The average Bonchev–Trinajstić information content (AvgIpc) is 3.18. The second kappa shape index (κ2) is 8.42. The highest BCUT2D eigenvalue weighted by atomic mass is 32.2. The summed E-state index contributed by atoms with van der Waals surface area (Å²) in [6.45, 7) is 3.44. The second-order valence-corrected chi connectivity index (χ2v) is 8.64. The van der Waals surface area contributed by atoms with E-state index < -0.39 is 27.3 Å². The van der Waals surface area contributed by atoms with Gasteiger partial charge in [-0.15, -0.1) is 0 Å². The zero-order valence-corrected chi connectivity index (χ0v) is 17.9. The zero-order valence-electron chi connectivity index (χ0n) is 17.0. The van der Waals surface area contributed by atoms with E-state index in [4.69, 9.17) is 0 Å². The van der Waals surface area contributed by atoms with Gasteiger partial charge in [-0.2, -0.15) is 0 Å². The van der Waals surface area contributed by atoms with Crippen LogP contribution in [-0.4, -0.2) is 43.7 Å². The molecule has 0 bridgehead atoms. The summed E-state index contributed by atoms with van der Waals surface area (Å²) in [6, 6.07) is 1.97. The van der Waals surface area contributed by atoms with E-state index in [1.54, 1.807) is 30.8 Å². The van der Waals surface area contributed by atoms with Crippen molar-refractivity contribution in [3.05, 3.63) is 54.5 Å². The molecule has 0 radical (unpaired) electrons. The van der Waals surface area contributed by atoms with Crippen molar-refractivity contribution in [3.63, 3.8) is 0 Å². The molecule has 0 saturated carbocycles. The molecule has 13 heteroatoms. The molecule has 10 nitrogen and oxygen atoms in total. The minimum absolute atomic E-state index is 0.0165. The SMILES string of the molecule is CCCS(=O)(=O)Nc1ccc(F)c(Nc2ncnc3cnc(-n4ccnc4C)nc23)c1F. The van der Waals surface area contributed by atoms with Gasteiger partial charge in [0, 0.05) is 12.4 Å². The number of aryl methyl sites for hydroxylation is 1. The fraction of sp³-hybridized carbons (Fsp3) is 0.211. The molecule has 166 valence electrons. The Morgan fingerprint density at radius 3 is 2.66 bits per heavy atom. The Balaban J connectivity index is 1.76. The number of fused-ring (bicyclic) bond motifs is 1. The quantitative estimate of drug-likeness (QED) is 0.431. The fourth-order valence-corrected chi connectivity index (χ4v) is 4.13. The molecule has 1 aromatic carbocycles. The van der Waals surface area contributed by atoms with Gasteiger partial charge in [0.15, 0.2) is 11.6 Å². The normalized spacial score (nSPS) is 11.6. The molecular weight excluding hydrogens is 442 g/mol. The molecule has 0 aliphatic carbocycles. The van der Waals surface area contributed by atoms with Gasteiger partial charge in [0.25, 0.3) is 0 Å². The van der Waals surface area contributed by atoms with Crippen LogP contribution in [0.25, 0.3) is 17.0 Å². The van der Waals surface area contributed by atoms with Crippen LogP contribution in [0.2, 0.25) is 0 Å². The van der Waals surface area contributed by atoms with Gasteiger partial charge < -0.3 is 5.32 Å². The van der Waals surface area contributed by atoms with Crippen LogP contribution in [0, 0.1) is 18.6 Å². The van der Waals surface area contributed by atoms with Crippen LogP contribution in [0.5, 0.6) is 0 Å². The van der Waals surface area contributed by atoms with Gasteiger partial charge in [-0.3, -0.25) is 9.29 Å². The molecule has 0 saturated heterocycles. The van der Waals surface area contributed by atoms with Crippen LogP contribution in [0.4, 0.5) is 26.0 Å². The maximum Gasteiger partial charge on any atom is 0.235 e. The summed E-state index contributed by atoms with van der Waals surface area (Å²) >= 11 is 0. The largest absolute Gasteiger partial charge is 0.333 e. The first-order valence-electron chi connectivity index (χ1n) is 9.52. The Morgan fingerprint density at radius 2 is 1.94 bits per heavy atom. The first-order valence-corrected chi connectivity index (χ1v) is 11.2. The van der Waals surface area contributed by atoms with E-state index in [2.05, 4.69) is 35.0 Å². The van der Waals surface area contributed by atoms with Crippen molar-refractivity contribution >= 4 is 38.2 Å². The summed E-state index contributed by atoms with van der Waals surface area (Å²) in [4.78, 5) is 20.9. The number of benzene rings is 1. The summed E-state index contributed by atoms with van der Waals surface area (Å²) < 4.78 is 57.3. The molecule has 0 aliphatic heterocycles. The number of imidazole rings is 1. The molecule has 0 spiro atoms. The molecule has 0 fully saturated rings. The second-order valence-electron chi connectivity index (χ2n) is 6.80. The standard InChI is InChI=1S/C19H18F2N8O2S/c1-3-8-32(30,31)28-13-5-4-12(20)16(15(13)21)26-18-17-14(24-10-25-18)9-23-19(27-17)29-7-6-22-11(29)2/h4-7,9-10,28H,3,8H2,1-2H3,(H,24,25,26). The molecule has 32 heavy (non-hydrogen) atoms. The number of anilines is 3. The molecule has 3 aromatic heterocycles. The van der Waals surface area contributed by atoms with E-state index in [0.29, 0.717) is 17.8 Å². The predicted octanol–water partition coefficient (Wildman–Crippen LogP) is 3.09. The van der Waals surface area contributed by atoms with Crippen molar-refractivity contribution in [1.29, 1.82) is 0 Å². The lowest BCUT2D eigenvalue weighted by atomic mass is 10.2. The van der Waals surface area contributed by atoms with Gasteiger partial charge >= 0.3 is 0 Å². The highest BCUT2D eigenvalue weighted by molar-refractivity contribution is 7.92. The van der Waals surface area contributed by atoms with Crippen LogP contribution in [0.15, 0.2) is 37.1 Å². The summed E-state index contributed by atoms with van der Waals surface area (Å²) in [5.74, 6) is -1.32. The van der Waals surface area contributed by atoms with E-state index in [-0.39, 0.29) is 28.7 Å². The minimum atomic E-state index is -3.77. The van der Waals surface area contributed by atoms with Crippen molar-refractivity contribution in [3.8, 4) is 5.95 Å². The molecule has 4 rings (SSSR count). The lowest BCUT2D eigenvalue weighted by Crippen LogP contribution is -2.17. The van der Waals surface area contributed by atoms with Gasteiger partial charge in [0.05, 0.1) is 17.6 Å². The van der Waals surface area contributed by atoms with Crippen LogP contribution in [-0.2, 0) is 10.0 Å². The van der Waals surface area contributed by atoms with Crippen molar-refractivity contribution < 1.29 is 17.2 Å². The predicted molar refractivity (Wildman–Crippen MR) is 114 cm³/mol. The Morgan fingerprint density at radius 1 is 1.12 bits per heavy atom. The molecule has 0 aliphatic rings. The minimum Gasteiger partial charge on any atom is -0.333 e. The lowest BCUT2D eigenvalue weighted by Gasteiger charge is -2.14. The number of rotatable bonds is 7. The molecule has 0 amide bonds. The van der Waals surface area contributed by atoms with Gasteiger partial charge in [-0.1, -0.05) is 6.92 Å². The van der Waals surface area contributed by atoms with E-state index in [1.165, 1.54) is 12.5 Å². The molecule has 0 unspecified atom stereocenters. The summed E-state index contributed by atoms with van der Waals surface area (Å²) in [5, 5.41) is 2.58. The summed E-state index contributed by atoms with van der Waals surface area (Å²) in [5.41, 5.74) is -0.420. The Kier molecular flexibility index (Phi) is 5.65. The fourth-order valence-electron chi connectivity index (χ4n) is 2.99.